The molecule has 0 aliphatic heterocycles. The third kappa shape index (κ3) is 3.07. The van der Waals surface area contributed by atoms with Gasteiger partial charge in [-0.15, -0.1) is 0 Å². The molecule has 0 aliphatic carbocycles. The number of aliphatic hydroxyl groups excluding tert-OH is 1. The monoisotopic (exact) mass is 253 g/mol. The highest BCUT2D eigenvalue weighted by atomic mass is 19.1. The Balaban J connectivity index is 3.16. The summed E-state index contributed by atoms with van der Waals surface area (Å²) in [4.78, 5) is 14.1. The highest BCUT2D eigenvalue weighted by Crippen LogP contribution is 2.17. The first-order chi connectivity index (χ1) is 8.38. The van der Waals surface area contributed by atoms with Crippen molar-refractivity contribution >= 4 is 5.91 Å². The molecule has 0 spiro atoms. The molecule has 1 rings (SSSR count). The molecule has 1 amide bonds. The molecule has 18 heavy (non-hydrogen) atoms. The molecule has 0 unspecified atom stereocenters. The largest absolute Gasteiger partial charge is 0.392 e. The molecule has 1 N–H and O–H groups in total. The fraction of sp³-hybridized carbons (Fsp3) is 0.500. The summed E-state index contributed by atoms with van der Waals surface area (Å²) < 4.78 is 13.1. The molecule has 0 heterocycles. The second kappa shape index (κ2) is 5.96. The van der Waals surface area contributed by atoms with Gasteiger partial charge in [-0.2, -0.15) is 0 Å². The number of hydrogen-bond acceptors (Lipinski definition) is 2. The second-order valence-corrected chi connectivity index (χ2v) is 4.86. The maximum atomic E-state index is 13.1. The SMILES string of the molecule is CC(C)N(C(=O)c1ccc(F)cc1CO)C(C)C. The van der Waals surface area contributed by atoms with E-state index in [0.717, 1.165) is 0 Å². The fourth-order valence-corrected chi connectivity index (χ4v) is 2.11. The van der Waals surface area contributed by atoms with Gasteiger partial charge in [0, 0.05) is 17.6 Å². The van der Waals surface area contributed by atoms with E-state index in [0.29, 0.717) is 11.1 Å². The lowest BCUT2D eigenvalue weighted by Gasteiger charge is -2.31. The molecule has 0 saturated heterocycles. The molecule has 0 aromatic heterocycles. The lowest BCUT2D eigenvalue weighted by Crippen LogP contribution is -2.42. The number of hydrogen-bond donors (Lipinski definition) is 1. The van der Waals surface area contributed by atoms with Crippen molar-refractivity contribution in [2.75, 3.05) is 0 Å². The van der Waals surface area contributed by atoms with E-state index in [1.807, 2.05) is 27.7 Å². The Morgan fingerprint density at radius 2 is 1.83 bits per heavy atom. The van der Waals surface area contributed by atoms with Crippen LogP contribution >= 0.6 is 0 Å². The Hall–Kier alpha value is -1.42. The second-order valence-electron chi connectivity index (χ2n) is 4.86. The summed E-state index contributed by atoms with van der Waals surface area (Å²) in [5, 5.41) is 9.21. The molecule has 0 bridgehead atoms. The van der Waals surface area contributed by atoms with Crippen molar-refractivity contribution in [3.05, 3.63) is 35.1 Å². The first-order valence-electron chi connectivity index (χ1n) is 6.10. The Kier molecular flexibility index (Phi) is 4.84. The van der Waals surface area contributed by atoms with Gasteiger partial charge in [0.15, 0.2) is 0 Å². The van der Waals surface area contributed by atoms with E-state index in [4.69, 9.17) is 0 Å². The van der Waals surface area contributed by atoms with Crippen molar-refractivity contribution in [1.29, 1.82) is 0 Å². The first kappa shape index (κ1) is 14.6. The van der Waals surface area contributed by atoms with Crippen LogP contribution in [0.5, 0.6) is 0 Å². The molecular weight excluding hydrogens is 233 g/mol. The van der Waals surface area contributed by atoms with Crippen LogP contribution in [0.2, 0.25) is 0 Å². The number of amides is 1. The van der Waals surface area contributed by atoms with E-state index < -0.39 is 5.82 Å². The van der Waals surface area contributed by atoms with Crippen LogP contribution in [-0.2, 0) is 6.61 Å². The number of aliphatic hydroxyl groups is 1. The third-order valence-electron chi connectivity index (χ3n) is 2.82. The van der Waals surface area contributed by atoms with Crippen LogP contribution in [0.25, 0.3) is 0 Å². The van der Waals surface area contributed by atoms with Gasteiger partial charge in [-0.05, 0) is 51.5 Å². The van der Waals surface area contributed by atoms with Crippen LogP contribution in [0.4, 0.5) is 4.39 Å². The molecule has 0 saturated carbocycles. The van der Waals surface area contributed by atoms with E-state index >= 15 is 0 Å². The lowest BCUT2D eigenvalue weighted by molar-refractivity contribution is 0.0640. The van der Waals surface area contributed by atoms with Crippen LogP contribution in [0.1, 0.15) is 43.6 Å². The van der Waals surface area contributed by atoms with Gasteiger partial charge in [0.05, 0.1) is 6.61 Å². The van der Waals surface area contributed by atoms with E-state index in [9.17, 15) is 14.3 Å². The van der Waals surface area contributed by atoms with E-state index in [-0.39, 0.29) is 24.6 Å². The fourth-order valence-electron chi connectivity index (χ4n) is 2.11. The first-order valence-corrected chi connectivity index (χ1v) is 6.10. The average Bonchev–Trinajstić information content (AvgIpc) is 2.27. The van der Waals surface area contributed by atoms with Crippen molar-refractivity contribution in [1.82, 2.24) is 4.90 Å². The van der Waals surface area contributed by atoms with Gasteiger partial charge in [-0.25, -0.2) is 4.39 Å². The van der Waals surface area contributed by atoms with Gasteiger partial charge < -0.3 is 10.0 Å². The average molecular weight is 253 g/mol. The number of rotatable bonds is 4. The van der Waals surface area contributed by atoms with Crippen LogP contribution in [0, 0.1) is 5.82 Å². The van der Waals surface area contributed by atoms with E-state index in [2.05, 4.69) is 0 Å². The van der Waals surface area contributed by atoms with Gasteiger partial charge >= 0.3 is 0 Å². The molecule has 0 fully saturated rings. The smallest absolute Gasteiger partial charge is 0.254 e. The summed E-state index contributed by atoms with van der Waals surface area (Å²) in [6.45, 7) is 7.38. The Labute approximate surface area is 107 Å². The molecule has 0 radical (unpaired) electrons. The van der Waals surface area contributed by atoms with Crippen molar-refractivity contribution in [2.45, 2.75) is 46.4 Å². The van der Waals surface area contributed by atoms with Gasteiger partial charge in [-0.1, -0.05) is 0 Å². The molecule has 1 aromatic rings. The topological polar surface area (TPSA) is 40.5 Å². The summed E-state index contributed by atoms with van der Waals surface area (Å²) in [5.41, 5.74) is 0.688. The maximum absolute atomic E-state index is 13.1. The van der Waals surface area contributed by atoms with Gasteiger partial charge in [0.2, 0.25) is 0 Å². The zero-order chi connectivity index (χ0) is 13.9. The van der Waals surface area contributed by atoms with Crippen LogP contribution in [0.15, 0.2) is 18.2 Å². The highest BCUT2D eigenvalue weighted by Gasteiger charge is 2.23. The summed E-state index contributed by atoms with van der Waals surface area (Å²) in [6.07, 6.45) is 0. The van der Waals surface area contributed by atoms with Crippen molar-refractivity contribution in [2.24, 2.45) is 0 Å². The number of benzene rings is 1. The Bertz CT molecular complexity index is 422. The summed E-state index contributed by atoms with van der Waals surface area (Å²) in [5.74, 6) is -0.625. The zero-order valence-corrected chi connectivity index (χ0v) is 11.3. The van der Waals surface area contributed by atoms with E-state index in [1.165, 1.54) is 18.2 Å². The molecule has 3 nitrogen and oxygen atoms in total. The Morgan fingerprint density at radius 3 is 2.28 bits per heavy atom. The van der Waals surface area contributed by atoms with Crippen molar-refractivity contribution < 1.29 is 14.3 Å². The quantitative estimate of drug-likeness (QED) is 0.896. The van der Waals surface area contributed by atoms with Crippen LogP contribution in [-0.4, -0.2) is 28.0 Å². The standard InChI is InChI=1S/C14H20FNO2/c1-9(2)16(10(3)4)14(18)13-6-5-12(15)7-11(13)8-17/h5-7,9-10,17H,8H2,1-4H3. The molecule has 0 aliphatic rings. The normalized spacial score (nSPS) is 11.1. The summed E-state index contributed by atoms with van der Waals surface area (Å²) >= 11 is 0. The minimum absolute atomic E-state index is 0.0501. The molecular formula is C14H20FNO2. The predicted octanol–water partition coefficient (Wildman–Crippen LogP) is 2.58. The predicted molar refractivity (Wildman–Crippen MR) is 68.8 cm³/mol. The lowest BCUT2D eigenvalue weighted by atomic mass is 10.0. The maximum Gasteiger partial charge on any atom is 0.254 e. The molecule has 0 atom stereocenters. The summed E-state index contributed by atoms with van der Waals surface area (Å²) in [6, 6.07) is 3.97. The molecule has 1 aromatic carbocycles. The van der Waals surface area contributed by atoms with Crippen molar-refractivity contribution in [3.8, 4) is 0 Å². The number of nitrogens with zero attached hydrogens (tertiary/aromatic N) is 1. The van der Waals surface area contributed by atoms with E-state index in [1.54, 1.807) is 4.90 Å². The summed E-state index contributed by atoms with van der Waals surface area (Å²) in [7, 11) is 0. The third-order valence-corrected chi connectivity index (χ3v) is 2.82. The number of halogens is 1. The molecule has 100 valence electrons. The minimum atomic E-state index is -0.448. The van der Waals surface area contributed by atoms with Gasteiger partial charge in [0.25, 0.3) is 5.91 Å². The van der Waals surface area contributed by atoms with Crippen LogP contribution in [0.3, 0.4) is 0 Å². The van der Waals surface area contributed by atoms with Crippen molar-refractivity contribution in [3.63, 3.8) is 0 Å². The number of carbonyl (C=O) groups is 1. The Morgan fingerprint density at radius 1 is 1.28 bits per heavy atom. The number of carbonyl (C=O) groups excluding carboxylic acids is 1. The minimum Gasteiger partial charge on any atom is -0.392 e. The van der Waals surface area contributed by atoms with Gasteiger partial charge in [-0.3, -0.25) is 4.79 Å². The van der Waals surface area contributed by atoms with Gasteiger partial charge in [0.1, 0.15) is 5.82 Å². The molecule has 4 heteroatoms. The van der Waals surface area contributed by atoms with Crippen LogP contribution < -0.4 is 0 Å². The highest BCUT2D eigenvalue weighted by molar-refractivity contribution is 5.96. The zero-order valence-electron chi connectivity index (χ0n) is 11.3.